The highest BCUT2D eigenvalue weighted by molar-refractivity contribution is 5.79. The molecule has 0 spiro atoms. The Kier molecular flexibility index (Phi) is 5.49. The highest BCUT2D eigenvalue weighted by Crippen LogP contribution is 2.19. The van der Waals surface area contributed by atoms with Crippen LogP contribution in [-0.4, -0.2) is 60.2 Å². The van der Waals surface area contributed by atoms with Gasteiger partial charge in [-0.05, 0) is 29.8 Å². The number of benzene rings is 1. The molecule has 1 amide bonds. The molecule has 0 atom stereocenters. The summed E-state index contributed by atoms with van der Waals surface area (Å²) in [6.45, 7) is 2.27. The molecule has 0 bridgehead atoms. The van der Waals surface area contributed by atoms with Gasteiger partial charge in [0.05, 0.1) is 13.5 Å². The van der Waals surface area contributed by atoms with Crippen molar-refractivity contribution in [3.8, 4) is 5.75 Å². The molecule has 27 heavy (non-hydrogen) atoms. The topological polar surface area (TPSA) is 98.3 Å². The average Bonchev–Trinajstić information content (AvgIpc) is 2.68. The van der Waals surface area contributed by atoms with Crippen LogP contribution in [0.3, 0.4) is 0 Å². The maximum atomic E-state index is 13.8. The minimum Gasteiger partial charge on any atom is -0.494 e. The molecule has 2 heterocycles. The van der Waals surface area contributed by atoms with Crippen LogP contribution in [-0.2, 0) is 11.2 Å². The van der Waals surface area contributed by atoms with Gasteiger partial charge in [-0.3, -0.25) is 15.6 Å². The third-order valence-corrected chi connectivity index (χ3v) is 4.50. The Balaban J connectivity index is 1.60. The predicted octanol–water partition coefficient (Wildman–Crippen LogP) is 0.857. The molecule has 2 N–H and O–H groups in total. The number of amides is 1. The van der Waals surface area contributed by atoms with Gasteiger partial charge in [-0.25, -0.2) is 9.07 Å². The number of ether oxygens (including phenoxy) is 1. The number of hydrogen-bond donors (Lipinski definition) is 2. The summed E-state index contributed by atoms with van der Waals surface area (Å²) in [6, 6.07) is 7.87. The van der Waals surface area contributed by atoms with Crippen LogP contribution in [0, 0.1) is 16.6 Å². The Labute approximate surface area is 155 Å². The van der Waals surface area contributed by atoms with Gasteiger partial charge >= 0.3 is 0 Å². The zero-order valence-corrected chi connectivity index (χ0v) is 15.0. The number of rotatable bonds is 5. The second-order valence-corrected chi connectivity index (χ2v) is 6.16. The second kappa shape index (κ2) is 7.98. The maximum absolute atomic E-state index is 13.8. The number of methoxy groups -OCH3 is 1. The minimum atomic E-state index is -0.476. The Morgan fingerprint density at radius 2 is 2.00 bits per heavy atom. The first kappa shape index (κ1) is 18.6. The Hall–Kier alpha value is -3.23. The maximum Gasteiger partial charge on any atom is 0.227 e. The lowest BCUT2D eigenvalue weighted by Gasteiger charge is -2.35. The minimum absolute atomic E-state index is 0.0526. The normalized spacial score (nSPS) is 14.1. The van der Waals surface area contributed by atoms with Gasteiger partial charge in [-0.2, -0.15) is 0 Å². The highest BCUT2D eigenvalue weighted by atomic mass is 19.1. The second-order valence-electron chi connectivity index (χ2n) is 6.16. The molecule has 0 aliphatic carbocycles. The number of carbonyl (C=O) groups is 1. The summed E-state index contributed by atoms with van der Waals surface area (Å²) in [6.07, 6.45) is 1.13. The van der Waals surface area contributed by atoms with Crippen LogP contribution in [0.5, 0.6) is 5.75 Å². The molecular formula is C18H21FN6O2. The predicted molar refractivity (Wildman–Crippen MR) is 97.7 cm³/mol. The van der Waals surface area contributed by atoms with Gasteiger partial charge in [0, 0.05) is 26.2 Å². The monoisotopic (exact) mass is 372 g/mol. The van der Waals surface area contributed by atoms with Crippen molar-refractivity contribution in [1.29, 1.82) is 10.8 Å². The van der Waals surface area contributed by atoms with Crippen LogP contribution in [0.15, 0.2) is 30.3 Å². The zero-order chi connectivity index (χ0) is 19.4. The van der Waals surface area contributed by atoms with Gasteiger partial charge in [0.1, 0.15) is 17.6 Å². The number of carbonyl (C=O) groups excluding carboxylic acids is 1. The lowest BCUT2D eigenvalue weighted by atomic mass is 10.1. The number of piperazine rings is 1. The lowest BCUT2D eigenvalue weighted by Crippen LogP contribution is -2.49. The Morgan fingerprint density at radius 3 is 2.63 bits per heavy atom. The summed E-state index contributed by atoms with van der Waals surface area (Å²) < 4.78 is 19.9. The summed E-state index contributed by atoms with van der Waals surface area (Å²) in [4.78, 5) is 16.3. The Morgan fingerprint density at radius 1 is 1.26 bits per heavy atom. The van der Waals surface area contributed by atoms with Crippen molar-refractivity contribution in [3.05, 3.63) is 47.2 Å². The highest BCUT2D eigenvalue weighted by Gasteiger charge is 2.22. The summed E-state index contributed by atoms with van der Waals surface area (Å²) >= 11 is 0. The van der Waals surface area contributed by atoms with Crippen molar-refractivity contribution in [2.75, 3.05) is 38.2 Å². The van der Waals surface area contributed by atoms with E-state index in [4.69, 9.17) is 15.6 Å². The van der Waals surface area contributed by atoms with Crippen molar-refractivity contribution < 1.29 is 13.9 Å². The number of hydrogen-bond acceptors (Lipinski definition) is 6. The van der Waals surface area contributed by atoms with Crippen LogP contribution in [0.1, 0.15) is 5.56 Å². The van der Waals surface area contributed by atoms with Crippen LogP contribution in [0.2, 0.25) is 0 Å². The van der Waals surface area contributed by atoms with Crippen molar-refractivity contribution in [1.82, 2.24) is 14.7 Å². The molecule has 1 aliphatic rings. The molecule has 8 nitrogen and oxygen atoms in total. The van der Waals surface area contributed by atoms with Crippen molar-refractivity contribution in [2.24, 2.45) is 0 Å². The van der Waals surface area contributed by atoms with E-state index in [0.717, 1.165) is 6.34 Å². The average molecular weight is 372 g/mol. The SMILES string of the molecule is COc1ccc(CC(=O)N2CCN(c3ccc(=N)n(C=N)n3)CC2)cc1F. The molecule has 0 saturated carbocycles. The number of halogens is 1. The van der Waals surface area contributed by atoms with Gasteiger partial charge in [-0.1, -0.05) is 6.07 Å². The van der Waals surface area contributed by atoms with Gasteiger partial charge < -0.3 is 14.5 Å². The van der Waals surface area contributed by atoms with Gasteiger partial charge in [0.25, 0.3) is 0 Å². The van der Waals surface area contributed by atoms with E-state index in [-0.39, 0.29) is 23.6 Å². The molecular weight excluding hydrogens is 351 g/mol. The molecule has 0 radical (unpaired) electrons. The van der Waals surface area contributed by atoms with E-state index in [2.05, 4.69) is 5.10 Å². The van der Waals surface area contributed by atoms with Crippen molar-refractivity contribution in [2.45, 2.75) is 6.42 Å². The summed E-state index contributed by atoms with van der Waals surface area (Å²) in [7, 11) is 1.40. The van der Waals surface area contributed by atoms with Crippen molar-refractivity contribution in [3.63, 3.8) is 0 Å². The van der Waals surface area contributed by atoms with Crippen LogP contribution in [0.4, 0.5) is 10.2 Å². The molecule has 142 valence electrons. The standard InChI is InChI=1S/C18H21FN6O2/c1-27-15-3-2-13(10-14(15)19)11-18(26)24-8-6-23(7-9-24)17-5-4-16(21)25(12-20)22-17/h2-5,10,12,20-21H,6-9,11H2,1H3. The fourth-order valence-electron chi connectivity index (χ4n) is 2.99. The molecule has 1 aliphatic heterocycles. The third kappa shape index (κ3) is 4.13. The molecule has 2 aromatic rings. The summed E-state index contributed by atoms with van der Waals surface area (Å²) in [5.74, 6) is 0.297. The van der Waals surface area contributed by atoms with E-state index in [1.165, 1.54) is 23.9 Å². The quantitative estimate of drug-likeness (QED) is 0.601. The fourth-order valence-corrected chi connectivity index (χ4v) is 2.99. The molecule has 1 aromatic carbocycles. The van der Waals surface area contributed by atoms with Gasteiger partial charge in [0.2, 0.25) is 5.91 Å². The fraction of sp³-hybridized carbons (Fsp3) is 0.333. The number of aromatic nitrogens is 2. The zero-order valence-electron chi connectivity index (χ0n) is 15.0. The largest absolute Gasteiger partial charge is 0.494 e. The van der Waals surface area contributed by atoms with Crippen LogP contribution >= 0.6 is 0 Å². The van der Waals surface area contributed by atoms with E-state index in [0.29, 0.717) is 37.6 Å². The molecule has 9 heteroatoms. The van der Waals surface area contributed by atoms with Gasteiger partial charge in [0.15, 0.2) is 11.6 Å². The lowest BCUT2D eigenvalue weighted by molar-refractivity contribution is -0.130. The number of anilines is 1. The van der Waals surface area contributed by atoms with E-state index in [9.17, 15) is 9.18 Å². The first-order chi connectivity index (χ1) is 13.0. The summed E-state index contributed by atoms with van der Waals surface area (Å²) in [5.41, 5.74) is 0.745. The first-order valence-corrected chi connectivity index (χ1v) is 8.52. The van der Waals surface area contributed by atoms with E-state index in [1.807, 2.05) is 4.90 Å². The van der Waals surface area contributed by atoms with Crippen molar-refractivity contribution >= 4 is 18.1 Å². The molecule has 1 fully saturated rings. The van der Waals surface area contributed by atoms with Crippen LogP contribution < -0.4 is 15.1 Å². The first-order valence-electron chi connectivity index (χ1n) is 8.52. The third-order valence-electron chi connectivity index (χ3n) is 4.50. The van der Waals surface area contributed by atoms with E-state index < -0.39 is 5.82 Å². The molecule has 1 aromatic heterocycles. The number of nitrogens with zero attached hydrogens (tertiary/aromatic N) is 4. The number of nitrogens with one attached hydrogen (secondary N) is 2. The van der Waals surface area contributed by atoms with Gasteiger partial charge in [-0.15, -0.1) is 5.10 Å². The smallest absolute Gasteiger partial charge is 0.227 e. The molecule has 0 unspecified atom stereocenters. The van der Waals surface area contributed by atoms with Crippen LogP contribution in [0.25, 0.3) is 0 Å². The Bertz CT molecular complexity index is 905. The van der Waals surface area contributed by atoms with E-state index >= 15 is 0 Å². The van der Waals surface area contributed by atoms with E-state index in [1.54, 1.807) is 23.1 Å². The molecule has 1 saturated heterocycles. The molecule has 3 rings (SSSR count). The summed E-state index contributed by atoms with van der Waals surface area (Å²) in [5, 5.41) is 19.2.